The number of ether oxygens (including phenoxy) is 1. The van der Waals surface area contributed by atoms with E-state index >= 15 is 0 Å². The van der Waals surface area contributed by atoms with Crippen molar-refractivity contribution in [3.8, 4) is 0 Å². The van der Waals surface area contributed by atoms with Crippen LogP contribution in [-0.2, 0) is 16.0 Å². The van der Waals surface area contributed by atoms with Gasteiger partial charge in [-0.2, -0.15) is 0 Å². The SMILES string of the molecule is CC(=O)c1c(C)[nH]c(C(=O)COC(=O)Cc2ccc3ccccc3c2)c1C. The first kappa shape index (κ1) is 18.6. The lowest BCUT2D eigenvalue weighted by Crippen LogP contribution is -2.16. The van der Waals surface area contributed by atoms with Gasteiger partial charge < -0.3 is 9.72 Å². The monoisotopic (exact) mass is 363 g/mol. The van der Waals surface area contributed by atoms with E-state index in [1.54, 1.807) is 13.8 Å². The van der Waals surface area contributed by atoms with Gasteiger partial charge in [0, 0.05) is 11.3 Å². The molecule has 0 unspecified atom stereocenters. The van der Waals surface area contributed by atoms with Gasteiger partial charge in [-0.05, 0) is 42.7 Å². The summed E-state index contributed by atoms with van der Waals surface area (Å²) in [5.74, 6) is -0.921. The lowest BCUT2D eigenvalue weighted by Gasteiger charge is -2.06. The quantitative estimate of drug-likeness (QED) is 0.531. The van der Waals surface area contributed by atoms with Crippen LogP contribution < -0.4 is 0 Å². The van der Waals surface area contributed by atoms with Crippen molar-refractivity contribution in [1.82, 2.24) is 4.98 Å². The molecule has 0 fully saturated rings. The highest BCUT2D eigenvalue weighted by molar-refractivity contribution is 6.04. The van der Waals surface area contributed by atoms with Crippen LogP contribution >= 0.6 is 0 Å². The summed E-state index contributed by atoms with van der Waals surface area (Å²) < 4.78 is 5.15. The Labute approximate surface area is 157 Å². The maximum atomic E-state index is 12.4. The molecule has 0 aliphatic heterocycles. The van der Waals surface area contributed by atoms with E-state index in [1.165, 1.54) is 6.92 Å². The number of fused-ring (bicyclic) bond motifs is 1. The van der Waals surface area contributed by atoms with Crippen molar-refractivity contribution in [1.29, 1.82) is 0 Å². The van der Waals surface area contributed by atoms with E-state index in [9.17, 15) is 14.4 Å². The largest absolute Gasteiger partial charge is 0.457 e. The van der Waals surface area contributed by atoms with Crippen molar-refractivity contribution in [3.63, 3.8) is 0 Å². The van der Waals surface area contributed by atoms with E-state index in [0.717, 1.165) is 16.3 Å². The summed E-state index contributed by atoms with van der Waals surface area (Å²) >= 11 is 0. The third-order valence-electron chi connectivity index (χ3n) is 4.59. The molecule has 0 atom stereocenters. The highest BCUT2D eigenvalue weighted by Crippen LogP contribution is 2.19. The molecule has 5 heteroatoms. The fraction of sp³-hybridized carbons (Fsp3) is 0.227. The van der Waals surface area contributed by atoms with E-state index < -0.39 is 5.97 Å². The second-order valence-corrected chi connectivity index (χ2v) is 6.62. The third-order valence-corrected chi connectivity index (χ3v) is 4.59. The van der Waals surface area contributed by atoms with Crippen LogP contribution in [0.2, 0.25) is 0 Å². The van der Waals surface area contributed by atoms with Crippen molar-refractivity contribution >= 4 is 28.3 Å². The predicted octanol–water partition coefficient (Wildman–Crippen LogP) is 3.96. The first-order valence-electron chi connectivity index (χ1n) is 8.73. The van der Waals surface area contributed by atoms with Gasteiger partial charge in [0.15, 0.2) is 12.4 Å². The molecule has 0 saturated carbocycles. The summed E-state index contributed by atoms with van der Waals surface area (Å²) in [6.07, 6.45) is 0.0968. The van der Waals surface area contributed by atoms with Gasteiger partial charge in [-0.15, -0.1) is 0 Å². The zero-order valence-corrected chi connectivity index (χ0v) is 15.6. The maximum absolute atomic E-state index is 12.4. The zero-order chi connectivity index (χ0) is 19.6. The molecular formula is C22H21NO4. The van der Waals surface area contributed by atoms with Crippen LogP contribution in [-0.4, -0.2) is 29.1 Å². The van der Waals surface area contributed by atoms with Crippen LogP contribution in [0.3, 0.4) is 0 Å². The second kappa shape index (κ2) is 7.58. The number of benzene rings is 2. The summed E-state index contributed by atoms with van der Waals surface area (Å²) in [6, 6.07) is 13.7. The third kappa shape index (κ3) is 3.97. The number of aromatic amines is 1. The molecule has 3 rings (SSSR count). The first-order valence-corrected chi connectivity index (χ1v) is 8.73. The Kier molecular flexibility index (Phi) is 5.21. The molecule has 0 spiro atoms. The zero-order valence-electron chi connectivity index (χ0n) is 15.6. The Morgan fingerprint density at radius 3 is 2.37 bits per heavy atom. The molecule has 27 heavy (non-hydrogen) atoms. The van der Waals surface area contributed by atoms with Crippen molar-refractivity contribution in [2.45, 2.75) is 27.2 Å². The van der Waals surface area contributed by atoms with Gasteiger partial charge in [-0.1, -0.05) is 42.5 Å². The maximum Gasteiger partial charge on any atom is 0.310 e. The minimum atomic E-state index is -0.466. The van der Waals surface area contributed by atoms with Gasteiger partial charge in [0.05, 0.1) is 12.1 Å². The number of nitrogens with one attached hydrogen (secondary N) is 1. The summed E-state index contributed by atoms with van der Waals surface area (Å²) in [4.78, 5) is 39.1. The van der Waals surface area contributed by atoms with E-state index in [1.807, 2.05) is 42.5 Å². The number of aromatic nitrogens is 1. The van der Waals surface area contributed by atoms with Crippen molar-refractivity contribution in [3.05, 3.63) is 70.5 Å². The van der Waals surface area contributed by atoms with Crippen LogP contribution in [0.15, 0.2) is 42.5 Å². The number of aryl methyl sites for hydroxylation is 1. The Hall–Kier alpha value is -3.21. The summed E-state index contributed by atoms with van der Waals surface area (Å²) in [7, 11) is 0. The van der Waals surface area contributed by atoms with E-state index in [0.29, 0.717) is 22.5 Å². The van der Waals surface area contributed by atoms with Crippen LogP contribution in [0.1, 0.15) is 44.6 Å². The normalized spacial score (nSPS) is 10.8. The lowest BCUT2D eigenvalue weighted by molar-refractivity contribution is -0.141. The highest BCUT2D eigenvalue weighted by atomic mass is 16.5. The Morgan fingerprint density at radius 2 is 1.70 bits per heavy atom. The summed E-state index contributed by atoms with van der Waals surface area (Å²) in [6.45, 7) is 4.56. The molecule has 0 radical (unpaired) electrons. The van der Waals surface area contributed by atoms with Gasteiger partial charge in [0.25, 0.3) is 0 Å². The Bertz CT molecular complexity index is 1050. The standard InChI is InChI=1S/C22H21NO4/c1-13-21(15(3)24)14(2)23-22(13)19(25)12-27-20(26)11-16-8-9-17-6-4-5-7-18(17)10-16/h4-10,23H,11-12H2,1-3H3. The smallest absolute Gasteiger partial charge is 0.310 e. The minimum absolute atomic E-state index is 0.0968. The van der Waals surface area contributed by atoms with Crippen molar-refractivity contribution in [2.75, 3.05) is 6.61 Å². The lowest BCUT2D eigenvalue weighted by atomic mass is 10.1. The predicted molar refractivity (Wildman–Crippen MR) is 103 cm³/mol. The number of esters is 1. The fourth-order valence-electron chi connectivity index (χ4n) is 3.34. The molecule has 0 amide bonds. The van der Waals surface area contributed by atoms with Crippen LogP contribution in [0.25, 0.3) is 10.8 Å². The van der Waals surface area contributed by atoms with Gasteiger partial charge >= 0.3 is 5.97 Å². The number of carbonyl (C=O) groups is 3. The van der Waals surface area contributed by atoms with Gasteiger partial charge in [0.2, 0.25) is 5.78 Å². The summed E-state index contributed by atoms with van der Waals surface area (Å²) in [5, 5.41) is 2.15. The number of H-pyrrole nitrogens is 1. The number of ketones is 2. The molecule has 1 N–H and O–H groups in total. The van der Waals surface area contributed by atoms with Gasteiger partial charge in [-0.3, -0.25) is 14.4 Å². The fourth-order valence-corrected chi connectivity index (χ4v) is 3.34. The first-order chi connectivity index (χ1) is 12.9. The summed E-state index contributed by atoms with van der Waals surface area (Å²) in [5.41, 5.74) is 2.90. The number of hydrogen-bond acceptors (Lipinski definition) is 4. The molecule has 0 saturated heterocycles. The van der Waals surface area contributed by atoms with Gasteiger partial charge in [0.1, 0.15) is 0 Å². The van der Waals surface area contributed by atoms with E-state index in [4.69, 9.17) is 4.74 Å². The molecule has 138 valence electrons. The van der Waals surface area contributed by atoms with Crippen LogP contribution in [0.4, 0.5) is 0 Å². The number of Topliss-reactive ketones (excluding diaryl/α,β-unsaturated/α-hetero) is 2. The average Bonchev–Trinajstić information content (AvgIpc) is 2.94. The average molecular weight is 363 g/mol. The molecule has 2 aromatic carbocycles. The Balaban J connectivity index is 1.64. The van der Waals surface area contributed by atoms with Crippen LogP contribution in [0, 0.1) is 13.8 Å². The van der Waals surface area contributed by atoms with E-state index in [2.05, 4.69) is 4.98 Å². The minimum Gasteiger partial charge on any atom is -0.457 e. The number of carbonyl (C=O) groups excluding carboxylic acids is 3. The van der Waals surface area contributed by atoms with E-state index in [-0.39, 0.29) is 24.6 Å². The molecule has 5 nitrogen and oxygen atoms in total. The Morgan fingerprint density at radius 1 is 1.00 bits per heavy atom. The number of hydrogen-bond donors (Lipinski definition) is 1. The topological polar surface area (TPSA) is 76.2 Å². The second-order valence-electron chi connectivity index (χ2n) is 6.62. The van der Waals surface area contributed by atoms with Gasteiger partial charge in [-0.25, -0.2) is 0 Å². The molecule has 0 bridgehead atoms. The highest BCUT2D eigenvalue weighted by Gasteiger charge is 2.20. The molecule has 1 heterocycles. The van der Waals surface area contributed by atoms with Crippen molar-refractivity contribution < 1.29 is 19.1 Å². The molecule has 0 aliphatic rings. The number of rotatable bonds is 6. The molecule has 0 aliphatic carbocycles. The molecule has 1 aromatic heterocycles. The molecular weight excluding hydrogens is 342 g/mol. The molecule has 3 aromatic rings. The van der Waals surface area contributed by atoms with Crippen molar-refractivity contribution in [2.24, 2.45) is 0 Å². The van der Waals surface area contributed by atoms with Crippen LogP contribution in [0.5, 0.6) is 0 Å².